The van der Waals surface area contributed by atoms with Gasteiger partial charge in [-0.25, -0.2) is 0 Å². The summed E-state index contributed by atoms with van der Waals surface area (Å²) in [6.07, 6.45) is 0. The smallest absolute Gasteiger partial charge is 0.0553 e. The molecule has 0 amide bonds. The molecule has 10 aromatic rings. The molecule has 0 bridgehead atoms. The highest BCUT2D eigenvalue weighted by Gasteiger charge is 2.24. The minimum atomic E-state index is 1.18. The van der Waals surface area contributed by atoms with Crippen molar-refractivity contribution < 1.29 is 0 Å². The minimum absolute atomic E-state index is 1.18. The van der Waals surface area contributed by atoms with E-state index in [2.05, 4.69) is 179 Å². The van der Waals surface area contributed by atoms with Crippen LogP contribution in [0.2, 0.25) is 0 Å². The van der Waals surface area contributed by atoms with Gasteiger partial charge in [-0.2, -0.15) is 0 Å². The molecule has 3 heterocycles. The molecule has 2 nitrogen and oxygen atoms in total. The van der Waals surface area contributed by atoms with Gasteiger partial charge in [0, 0.05) is 48.1 Å². The molecule has 0 saturated carbocycles. The molecule has 1 aliphatic heterocycles. The Labute approximate surface area is 287 Å². The second-order valence-electron chi connectivity index (χ2n) is 12.9. The van der Waals surface area contributed by atoms with Crippen LogP contribution in [-0.2, 0) is 0 Å². The van der Waals surface area contributed by atoms with Crippen LogP contribution in [0.3, 0.4) is 0 Å². The SMILES string of the molecule is c1ccc(-n2c3ccccc3c3ccc(-c4ccc5c(c4)Sc4cccc6c4c-5cc4c6c5ccccc5n4-c4ccccc4)cc32)cc1. The van der Waals surface area contributed by atoms with Crippen LogP contribution in [0.5, 0.6) is 0 Å². The number of benzene rings is 8. The summed E-state index contributed by atoms with van der Waals surface area (Å²) in [5.41, 5.74) is 12.3. The van der Waals surface area contributed by atoms with Gasteiger partial charge in [-0.15, -0.1) is 0 Å². The normalized spacial score (nSPS) is 12.4. The van der Waals surface area contributed by atoms with Crippen LogP contribution in [0.4, 0.5) is 0 Å². The van der Waals surface area contributed by atoms with E-state index in [-0.39, 0.29) is 0 Å². The molecule has 2 aromatic heterocycles. The quantitative estimate of drug-likeness (QED) is 0.187. The van der Waals surface area contributed by atoms with E-state index >= 15 is 0 Å². The Morgan fingerprint density at radius 3 is 1.69 bits per heavy atom. The van der Waals surface area contributed by atoms with Crippen LogP contribution in [0.25, 0.3) is 88.0 Å². The Hall–Kier alpha value is -6.03. The van der Waals surface area contributed by atoms with Gasteiger partial charge in [0.05, 0.1) is 22.1 Å². The third-order valence-electron chi connectivity index (χ3n) is 10.3. The molecule has 0 aliphatic carbocycles. The topological polar surface area (TPSA) is 9.86 Å². The zero-order valence-electron chi connectivity index (χ0n) is 26.5. The van der Waals surface area contributed by atoms with E-state index in [1.54, 1.807) is 0 Å². The van der Waals surface area contributed by atoms with E-state index in [0.717, 1.165) is 0 Å². The van der Waals surface area contributed by atoms with Crippen molar-refractivity contribution in [2.24, 2.45) is 0 Å². The first kappa shape index (κ1) is 27.0. The lowest BCUT2D eigenvalue weighted by Crippen LogP contribution is -1.97. The predicted octanol–water partition coefficient (Wildman–Crippen LogP) is 12.8. The van der Waals surface area contributed by atoms with Gasteiger partial charge in [0.25, 0.3) is 0 Å². The molecule has 0 spiro atoms. The van der Waals surface area contributed by atoms with Crippen LogP contribution < -0.4 is 0 Å². The number of hydrogen-bond acceptors (Lipinski definition) is 1. The van der Waals surface area contributed by atoms with Crippen LogP contribution in [0, 0.1) is 0 Å². The number of aromatic nitrogens is 2. The van der Waals surface area contributed by atoms with Gasteiger partial charge in [0.15, 0.2) is 0 Å². The van der Waals surface area contributed by atoms with Crippen LogP contribution in [0.1, 0.15) is 0 Å². The molecular formula is C46H28N2S. The highest BCUT2D eigenvalue weighted by atomic mass is 32.2. The van der Waals surface area contributed by atoms with Gasteiger partial charge in [-0.3, -0.25) is 0 Å². The fourth-order valence-corrected chi connectivity index (χ4v) is 9.37. The highest BCUT2D eigenvalue weighted by molar-refractivity contribution is 7.99. The Morgan fingerprint density at radius 1 is 0.327 bits per heavy atom. The summed E-state index contributed by atoms with van der Waals surface area (Å²) in [5.74, 6) is 0. The van der Waals surface area contributed by atoms with Crippen molar-refractivity contribution in [3.05, 3.63) is 170 Å². The summed E-state index contributed by atoms with van der Waals surface area (Å²) in [6, 6.07) is 62.3. The molecule has 8 aromatic carbocycles. The molecule has 0 N–H and O–H groups in total. The standard InChI is InChI=1S/C46H28N2S/c1-3-12-31(13-4-1)47-39-19-9-7-16-33(39)34-24-22-29(26-41(34)47)30-23-25-35-38-28-42-45(37-18-11-21-43(46(37)38)49-44(35)27-30)36-17-8-10-20-40(36)48(42)32-14-5-2-6-15-32/h1-28H. The molecular weight excluding hydrogens is 613 g/mol. The average molecular weight is 641 g/mol. The maximum absolute atomic E-state index is 2.44. The molecule has 1 aliphatic rings. The Balaban J connectivity index is 1.13. The number of para-hydroxylation sites is 4. The molecule has 0 fully saturated rings. The van der Waals surface area contributed by atoms with Gasteiger partial charge in [0.2, 0.25) is 0 Å². The average Bonchev–Trinajstić information content (AvgIpc) is 3.68. The molecule has 0 atom stereocenters. The van der Waals surface area contributed by atoms with Crippen LogP contribution >= 0.6 is 11.8 Å². The summed E-state index contributed by atoms with van der Waals surface area (Å²) in [5, 5.41) is 7.83. The lowest BCUT2D eigenvalue weighted by Gasteiger charge is -2.22. The second-order valence-corrected chi connectivity index (χ2v) is 14.0. The van der Waals surface area contributed by atoms with E-state index in [4.69, 9.17) is 0 Å². The zero-order valence-corrected chi connectivity index (χ0v) is 27.3. The van der Waals surface area contributed by atoms with Crippen LogP contribution in [0.15, 0.2) is 180 Å². The van der Waals surface area contributed by atoms with Crippen molar-refractivity contribution in [2.45, 2.75) is 9.79 Å². The van der Waals surface area contributed by atoms with Gasteiger partial charge in [0.1, 0.15) is 0 Å². The van der Waals surface area contributed by atoms with Crippen molar-refractivity contribution >= 4 is 66.1 Å². The van der Waals surface area contributed by atoms with Crippen molar-refractivity contribution in [3.8, 4) is 33.6 Å². The first-order valence-corrected chi connectivity index (χ1v) is 17.6. The Bertz CT molecular complexity index is 2950. The lowest BCUT2D eigenvalue weighted by atomic mass is 9.93. The summed E-state index contributed by atoms with van der Waals surface area (Å²) in [4.78, 5) is 2.61. The van der Waals surface area contributed by atoms with E-state index in [1.807, 2.05) is 11.8 Å². The number of rotatable bonds is 3. The summed E-state index contributed by atoms with van der Waals surface area (Å²) >= 11 is 1.90. The van der Waals surface area contributed by atoms with Gasteiger partial charge < -0.3 is 9.13 Å². The third-order valence-corrected chi connectivity index (χ3v) is 11.4. The molecule has 3 heteroatoms. The molecule has 0 radical (unpaired) electrons. The Kier molecular flexibility index (Phi) is 5.63. The first-order chi connectivity index (χ1) is 24.3. The van der Waals surface area contributed by atoms with Crippen molar-refractivity contribution in [2.75, 3.05) is 0 Å². The second kappa shape index (κ2) is 10.2. The van der Waals surface area contributed by atoms with Crippen molar-refractivity contribution in [1.82, 2.24) is 9.13 Å². The fraction of sp³-hybridized carbons (Fsp3) is 0. The molecule has 0 unspecified atom stereocenters. The predicted molar refractivity (Wildman–Crippen MR) is 208 cm³/mol. The fourth-order valence-electron chi connectivity index (χ4n) is 8.19. The zero-order chi connectivity index (χ0) is 32.1. The maximum atomic E-state index is 2.44. The number of fused-ring (bicyclic) bond motifs is 9. The third kappa shape index (κ3) is 3.85. The van der Waals surface area contributed by atoms with E-state index in [1.165, 1.54) is 97.8 Å². The van der Waals surface area contributed by atoms with E-state index < -0.39 is 0 Å². The molecule has 0 saturated heterocycles. The Morgan fingerprint density at radius 2 is 0.918 bits per heavy atom. The number of nitrogens with zero attached hydrogens (tertiary/aromatic N) is 2. The molecule has 228 valence electrons. The van der Waals surface area contributed by atoms with Crippen molar-refractivity contribution in [1.29, 1.82) is 0 Å². The highest BCUT2D eigenvalue weighted by Crippen LogP contribution is 2.52. The summed E-state index contributed by atoms with van der Waals surface area (Å²) in [6.45, 7) is 0. The minimum Gasteiger partial charge on any atom is -0.309 e. The summed E-state index contributed by atoms with van der Waals surface area (Å²) in [7, 11) is 0. The molecule has 49 heavy (non-hydrogen) atoms. The molecule has 11 rings (SSSR count). The van der Waals surface area contributed by atoms with Crippen LogP contribution in [-0.4, -0.2) is 9.13 Å². The van der Waals surface area contributed by atoms with Gasteiger partial charge in [-0.05, 0) is 88.3 Å². The first-order valence-electron chi connectivity index (χ1n) is 16.8. The summed E-state index contributed by atoms with van der Waals surface area (Å²) < 4.78 is 4.83. The van der Waals surface area contributed by atoms with Gasteiger partial charge in [-0.1, -0.05) is 121 Å². The lowest BCUT2D eigenvalue weighted by molar-refractivity contribution is 1.18. The van der Waals surface area contributed by atoms with E-state index in [9.17, 15) is 0 Å². The van der Waals surface area contributed by atoms with Gasteiger partial charge >= 0.3 is 0 Å². The van der Waals surface area contributed by atoms with Crippen molar-refractivity contribution in [3.63, 3.8) is 0 Å². The van der Waals surface area contributed by atoms with E-state index in [0.29, 0.717) is 0 Å². The maximum Gasteiger partial charge on any atom is 0.0553 e. The monoisotopic (exact) mass is 640 g/mol. The number of hydrogen-bond donors (Lipinski definition) is 0. The largest absolute Gasteiger partial charge is 0.309 e.